The Morgan fingerprint density at radius 2 is 2.06 bits per heavy atom. The number of hydrogen-bond donors (Lipinski definition) is 1. The summed E-state index contributed by atoms with van der Waals surface area (Å²) in [7, 11) is 1.32. The van der Waals surface area contributed by atoms with Crippen LogP contribution in [0.1, 0.15) is 37.7 Å². The van der Waals surface area contributed by atoms with Crippen molar-refractivity contribution in [2.45, 2.75) is 38.2 Å². The second-order valence-corrected chi connectivity index (χ2v) is 7.10. The van der Waals surface area contributed by atoms with Gasteiger partial charge in [-0.25, -0.2) is 13.2 Å². The van der Waals surface area contributed by atoms with Gasteiger partial charge < -0.3 is 9.72 Å². The first-order chi connectivity index (χ1) is 8.20. The van der Waals surface area contributed by atoms with E-state index >= 15 is 0 Å². The molecule has 0 spiro atoms. The van der Waals surface area contributed by atoms with E-state index < -0.39 is 15.0 Å². The minimum atomic E-state index is -3.83. The topological polar surface area (TPSA) is 76.2 Å². The molecule has 0 aliphatic carbocycles. The minimum absolute atomic E-state index is 0.0739. The van der Waals surface area contributed by atoms with Crippen LogP contribution in [-0.4, -0.2) is 25.5 Å². The molecule has 1 aromatic rings. The number of carbonyl (C=O) groups is 1. The molecule has 1 N–H and O–H groups in total. The molecule has 0 saturated heterocycles. The Morgan fingerprint density at radius 3 is 2.50 bits per heavy atom. The number of rotatable bonds is 5. The van der Waals surface area contributed by atoms with Gasteiger partial charge in [0.2, 0.25) is 0 Å². The van der Waals surface area contributed by atoms with Crippen molar-refractivity contribution < 1.29 is 17.9 Å². The second-order valence-electron chi connectivity index (χ2n) is 4.53. The Balaban J connectivity index is 2.71. The summed E-state index contributed by atoms with van der Waals surface area (Å²) in [6.07, 6.45) is 1.68. The maximum absolute atomic E-state index is 11.7. The first-order valence-electron chi connectivity index (χ1n) is 5.54. The van der Waals surface area contributed by atoms with Crippen molar-refractivity contribution in [1.29, 1.82) is 0 Å². The van der Waals surface area contributed by atoms with E-state index in [0.717, 1.165) is 18.7 Å². The lowest BCUT2D eigenvalue weighted by molar-refractivity contribution is 0.0293. The largest absolute Gasteiger partial charge is 0.458 e. The molecule has 0 aromatic carbocycles. The van der Waals surface area contributed by atoms with Crippen LogP contribution in [0.4, 0.5) is 0 Å². The summed E-state index contributed by atoms with van der Waals surface area (Å²) in [5, 5.41) is 0. The smallest absolute Gasteiger partial charge is 0.355 e. The van der Waals surface area contributed by atoms with Gasteiger partial charge in [-0.2, -0.15) is 0 Å². The molecule has 5 nitrogen and oxygen atoms in total. The number of carbonyl (C=O) groups excluding carboxylic acids is 1. The monoisotopic (exact) mass is 293 g/mol. The van der Waals surface area contributed by atoms with Crippen LogP contribution in [0.5, 0.6) is 0 Å². The first-order valence-corrected chi connectivity index (χ1v) is 7.85. The highest BCUT2D eigenvalue weighted by atomic mass is 35.7. The average Bonchev–Trinajstić information content (AvgIpc) is 2.63. The molecular weight excluding hydrogens is 278 g/mol. The van der Waals surface area contributed by atoms with Crippen molar-refractivity contribution in [2.24, 2.45) is 5.92 Å². The Hall–Kier alpha value is -1.01. The standard InChI is InChI=1S/C11H16ClNO4S/c1-7(2)4-8(3)17-11(14)10-5-9(6-13-10)18(12,15)16/h5-8,13H,4H2,1-3H3. The van der Waals surface area contributed by atoms with Gasteiger partial charge >= 0.3 is 5.97 Å². The van der Waals surface area contributed by atoms with Crippen LogP contribution >= 0.6 is 10.7 Å². The van der Waals surface area contributed by atoms with Gasteiger partial charge in [0.15, 0.2) is 0 Å². The highest BCUT2D eigenvalue weighted by molar-refractivity contribution is 8.13. The van der Waals surface area contributed by atoms with E-state index in [4.69, 9.17) is 15.4 Å². The van der Waals surface area contributed by atoms with E-state index in [1.165, 1.54) is 0 Å². The molecule has 0 aliphatic rings. The van der Waals surface area contributed by atoms with Gasteiger partial charge in [-0.15, -0.1) is 0 Å². The number of ether oxygens (including phenoxy) is 1. The lowest BCUT2D eigenvalue weighted by Crippen LogP contribution is -2.17. The lowest BCUT2D eigenvalue weighted by atomic mass is 10.1. The fourth-order valence-electron chi connectivity index (χ4n) is 1.59. The number of aromatic amines is 1. The third-order valence-corrected chi connectivity index (χ3v) is 3.60. The molecule has 7 heteroatoms. The second kappa shape index (κ2) is 5.75. The van der Waals surface area contributed by atoms with E-state index in [-0.39, 0.29) is 16.7 Å². The Morgan fingerprint density at radius 1 is 1.44 bits per heavy atom. The van der Waals surface area contributed by atoms with Crippen molar-refractivity contribution in [2.75, 3.05) is 0 Å². The highest BCUT2D eigenvalue weighted by Crippen LogP contribution is 2.17. The molecule has 1 rings (SSSR count). The van der Waals surface area contributed by atoms with E-state index in [1.54, 1.807) is 6.92 Å². The van der Waals surface area contributed by atoms with Crippen molar-refractivity contribution in [3.63, 3.8) is 0 Å². The van der Waals surface area contributed by atoms with Crippen LogP contribution in [0.25, 0.3) is 0 Å². The van der Waals surface area contributed by atoms with Crippen molar-refractivity contribution in [1.82, 2.24) is 4.98 Å². The molecule has 1 heterocycles. The Kier molecular flexibility index (Phi) is 4.81. The van der Waals surface area contributed by atoms with Gasteiger partial charge in [0.1, 0.15) is 10.6 Å². The molecule has 1 atom stereocenters. The first kappa shape index (κ1) is 15.0. The summed E-state index contributed by atoms with van der Waals surface area (Å²) in [6.45, 7) is 5.84. The molecule has 0 aliphatic heterocycles. The number of esters is 1. The number of aromatic nitrogens is 1. The lowest BCUT2D eigenvalue weighted by Gasteiger charge is -2.14. The zero-order chi connectivity index (χ0) is 13.9. The predicted molar refractivity (Wildman–Crippen MR) is 68.2 cm³/mol. The zero-order valence-electron chi connectivity index (χ0n) is 10.4. The van der Waals surface area contributed by atoms with Crippen molar-refractivity contribution in [3.05, 3.63) is 18.0 Å². The summed E-state index contributed by atoms with van der Waals surface area (Å²) in [5.41, 5.74) is 0.0739. The van der Waals surface area contributed by atoms with Gasteiger partial charge in [0, 0.05) is 16.9 Å². The fraction of sp³-hybridized carbons (Fsp3) is 0.545. The molecular formula is C11H16ClNO4S. The third-order valence-electron chi connectivity index (χ3n) is 2.27. The third kappa shape index (κ3) is 4.34. The molecule has 0 amide bonds. The summed E-state index contributed by atoms with van der Waals surface area (Å²) >= 11 is 0. The molecule has 0 saturated carbocycles. The molecule has 0 radical (unpaired) electrons. The number of nitrogens with one attached hydrogen (secondary N) is 1. The maximum atomic E-state index is 11.7. The van der Waals surface area contributed by atoms with E-state index in [2.05, 4.69) is 4.98 Å². The summed E-state index contributed by atoms with van der Waals surface area (Å²) in [5.74, 6) is -0.176. The average molecular weight is 294 g/mol. The van der Waals surface area contributed by atoms with Crippen molar-refractivity contribution >= 4 is 25.7 Å². The normalized spacial score (nSPS) is 13.6. The summed E-state index contributed by atoms with van der Waals surface area (Å²) in [6, 6.07) is 1.16. The maximum Gasteiger partial charge on any atom is 0.355 e. The van der Waals surface area contributed by atoms with Crippen LogP contribution < -0.4 is 0 Å². The van der Waals surface area contributed by atoms with Crippen LogP contribution in [-0.2, 0) is 13.8 Å². The fourth-order valence-corrected chi connectivity index (χ4v) is 2.32. The Labute approximate surface area is 111 Å². The van der Waals surface area contributed by atoms with Gasteiger partial charge in [-0.05, 0) is 25.3 Å². The number of H-pyrrole nitrogens is 1. The van der Waals surface area contributed by atoms with E-state index in [1.807, 2.05) is 13.8 Å². The summed E-state index contributed by atoms with van der Waals surface area (Å²) in [4.78, 5) is 14.1. The summed E-state index contributed by atoms with van der Waals surface area (Å²) < 4.78 is 27.2. The van der Waals surface area contributed by atoms with E-state index in [0.29, 0.717) is 5.92 Å². The molecule has 1 unspecified atom stereocenters. The van der Waals surface area contributed by atoms with Crippen LogP contribution in [0.2, 0.25) is 0 Å². The minimum Gasteiger partial charge on any atom is -0.458 e. The molecule has 18 heavy (non-hydrogen) atoms. The highest BCUT2D eigenvalue weighted by Gasteiger charge is 2.18. The molecule has 0 fully saturated rings. The Bertz CT molecular complexity index is 521. The van der Waals surface area contributed by atoms with Gasteiger partial charge in [0.05, 0.1) is 6.10 Å². The quantitative estimate of drug-likeness (QED) is 0.668. The van der Waals surface area contributed by atoms with E-state index in [9.17, 15) is 13.2 Å². The van der Waals surface area contributed by atoms with Gasteiger partial charge in [-0.3, -0.25) is 0 Å². The molecule has 1 aromatic heterocycles. The van der Waals surface area contributed by atoms with Gasteiger partial charge in [-0.1, -0.05) is 13.8 Å². The van der Waals surface area contributed by atoms with Crippen LogP contribution in [0.15, 0.2) is 17.2 Å². The SMILES string of the molecule is CC(C)CC(C)OC(=O)c1cc(S(=O)(=O)Cl)c[nH]1. The zero-order valence-corrected chi connectivity index (χ0v) is 12.0. The van der Waals surface area contributed by atoms with Gasteiger partial charge in [0.25, 0.3) is 9.05 Å². The molecule has 0 bridgehead atoms. The number of halogens is 1. The predicted octanol–water partition coefficient (Wildman–Crippen LogP) is 2.53. The van der Waals surface area contributed by atoms with Crippen molar-refractivity contribution in [3.8, 4) is 0 Å². The van der Waals surface area contributed by atoms with Crippen LogP contribution in [0.3, 0.4) is 0 Å². The molecule has 102 valence electrons. The number of hydrogen-bond acceptors (Lipinski definition) is 4. The van der Waals surface area contributed by atoms with Crippen LogP contribution in [0, 0.1) is 5.92 Å².